The standard InChI is InChI=1S/C25H46N4O4/c1-32-22-6-2-18(3-7-22)20-16-26-25(27-17-20)28-21-4-8-23(9-5-21)33-15-14-29-12-10-19(11-13-29)24(30)31/h18-23,25-28H,2-17H2,1H3,(H,30,31). The fourth-order valence-electron chi connectivity index (χ4n) is 6.31. The lowest BCUT2D eigenvalue weighted by Crippen LogP contribution is -2.63. The fourth-order valence-corrected chi connectivity index (χ4v) is 6.31. The van der Waals surface area contributed by atoms with Crippen LogP contribution in [0.3, 0.4) is 0 Å². The molecule has 0 spiro atoms. The van der Waals surface area contributed by atoms with Gasteiger partial charge < -0.3 is 19.5 Å². The van der Waals surface area contributed by atoms with E-state index in [-0.39, 0.29) is 12.2 Å². The molecule has 4 aliphatic rings. The molecule has 2 aliphatic heterocycles. The number of likely N-dealkylation sites (tertiary alicyclic amines) is 1. The summed E-state index contributed by atoms with van der Waals surface area (Å²) in [5.74, 6) is 0.771. The zero-order chi connectivity index (χ0) is 23.0. The van der Waals surface area contributed by atoms with Crippen LogP contribution in [0.2, 0.25) is 0 Å². The molecule has 8 heteroatoms. The van der Waals surface area contributed by atoms with Crippen molar-refractivity contribution in [1.82, 2.24) is 20.9 Å². The van der Waals surface area contributed by atoms with Crippen molar-refractivity contribution in [1.29, 1.82) is 0 Å². The Hall–Kier alpha value is -0.770. The molecule has 0 atom stereocenters. The van der Waals surface area contributed by atoms with Crippen LogP contribution in [0.15, 0.2) is 0 Å². The molecule has 4 rings (SSSR count). The number of nitrogens with zero attached hydrogens (tertiary/aromatic N) is 1. The Bertz CT molecular complexity index is 577. The van der Waals surface area contributed by atoms with Crippen molar-refractivity contribution >= 4 is 5.97 Å². The minimum Gasteiger partial charge on any atom is -0.481 e. The molecular weight excluding hydrogens is 420 g/mol. The van der Waals surface area contributed by atoms with Crippen LogP contribution in [0.25, 0.3) is 0 Å². The zero-order valence-corrected chi connectivity index (χ0v) is 20.5. The second-order valence-corrected chi connectivity index (χ2v) is 10.7. The van der Waals surface area contributed by atoms with Gasteiger partial charge in [-0.25, -0.2) is 0 Å². The van der Waals surface area contributed by atoms with Gasteiger partial charge >= 0.3 is 5.97 Å². The molecule has 0 unspecified atom stereocenters. The molecule has 4 N–H and O–H groups in total. The van der Waals surface area contributed by atoms with E-state index in [1.54, 1.807) is 0 Å². The zero-order valence-electron chi connectivity index (χ0n) is 20.5. The molecule has 2 aliphatic carbocycles. The average molecular weight is 467 g/mol. The summed E-state index contributed by atoms with van der Waals surface area (Å²) in [5, 5.41) is 20.3. The van der Waals surface area contributed by atoms with Crippen molar-refractivity contribution < 1.29 is 19.4 Å². The molecule has 0 aromatic heterocycles. The summed E-state index contributed by atoms with van der Waals surface area (Å²) in [7, 11) is 1.85. The van der Waals surface area contributed by atoms with Gasteiger partial charge in [-0.05, 0) is 89.1 Å². The number of piperidine rings is 1. The van der Waals surface area contributed by atoms with Gasteiger partial charge in [-0.3, -0.25) is 20.7 Å². The predicted molar refractivity (Wildman–Crippen MR) is 128 cm³/mol. The molecule has 0 radical (unpaired) electrons. The largest absolute Gasteiger partial charge is 0.481 e. The Balaban J connectivity index is 1.04. The second kappa shape index (κ2) is 12.8. The molecule has 33 heavy (non-hydrogen) atoms. The van der Waals surface area contributed by atoms with Crippen LogP contribution >= 0.6 is 0 Å². The van der Waals surface area contributed by atoms with E-state index in [4.69, 9.17) is 14.6 Å². The molecule has 2 heterocycles. The van der Waals surface area contributed by atoms with Gasteiger partial charge in [0.25, 0.3) is 0 Å². The van der Waals surface area contributed by atoms with Crippen LogP contribution < -0.4 is 16.0 Å². The van der Waals surface area contributed by atoms with Gasteiger partial charge in [-0.1, -0.05) is 0 Å². The van der Waals surface area contributed by atoms with E-state index in [1.165, 1.54) is 38.5 Å². The summed E-state index contributed by atoms with van der Waals surface area (Å²) in [6.45, 7) is 5.67. The first-order valence-electron chi connectivity index (χ1n) is 13.4. The lowest BCUT2D eigenvalue weighted by atomic mass is 9.78. The first-order chi connectivity index (χ1) is 16.1. The highest BCUT2D eigenvalue weighted by Crippen LogP contribution is 2.32. The van der Waals surface area contributed by atoms with E-state index in [9.17, 15) is 4.79 Å². The Morgan fingerprint density at radius 1 is 0.909 bits per heavy atom. The summed E-state index contributed by atoms with van der Waals surface area (Å²) < 4.78 is 11.7. The number of carboxylic acid groups (broad SMARTS) is 1. The van der Waals surface area contributed by atoms with Crippen molar-refractivity contribution in [2.24, 2.45) is 17.8 Å². The number of hydrogen-bond donors (Lipinski definition) is 4. The van der Waals surface area contributed by atoms with E-state index >= 15 is 0 Å². The molecule has 0 bridgehead atoms. The third kappa shape index (κ3) is 7.61. The summed E-state index contributed by atoms with van der Waals surface area (Å²) in [4.78, 5) is 13.4. The van der Waals surface area contributed by atoms with Crippen LogP contribution in [0.4, 0.5) is 0 Å². The first kappa shape index (κ1) is 25.3. The van der Waals surface area contributed by atoms with Gasteiger partial charge in [0.1, 0.15) is 6.29 Å². The Morgan fingerprint density at radius 3 is 2.15 bits per heavy atom. The SMILES string of the molecule is COC1CCC(C2CNC(NC3CCC(OCCN4CCC(C(=O)O)CC4)CC3)NC2)CC1. The van der Waals surface area contributed by atoms with Crippen LogP contribution in [0.1, 0.15) is 64.2 Å². The van der Waals surface area contributed by atoms with Gasteiger partial charge in [0, 0.05) is 32.8 Å². The smallest absolute Gasteiger partial charge is 0.306 e. The molecule has 0 aromatic rings. The van der Waals surface area contributed by atoms with Crippen molar-refractivity contribution in [2.75, 3.05) is 46.4 Å². The third-order valence-corrected chi connectivity index (χ3v) is 8.66. The number of nitrogens with one attached hydrogen (secondary N) is 3. The average Bonchev–Trinajstić information content (AvgIpc) is 2.86. The Morgan fingerprint density at radius 2 is 1.55 bits per heavy atom. The molecule has 2 saturated carbocycles. The number of carboxylic acids is 1. The highest BCUT2D eigenvalue weighted by molar-refractivity contribution is 5.70. The van der Waals surface area contributed by atoms with Crippen molar-refractivity contribution in [3.8, 4) is 0 Å². The second-order valence-electron chi connectivity index (χ2n) is 10.7. The normalized spacial score (nSPS) is 37.1. The van der Waals surface area contributed by atoms with Gasteiger partial charge in [0.15, 0.2) is 0 Å². The van der Waals surface area contributed by atoms with Crippen LogP contribution in [-0.2, 0) is 14.3 Å². The van der Waals surface area contributed by atoms with Gasteiger partial charge in [0.2, 0.25) is 0 Å². The van der Waals surface area contributed by atoms with Gasteiger partial charge in [-0.15, -0.1) is 0 Å². The minimum atomic E-state index is -0.639. The van der Waals surface area contributed by atoms with Crippen molar-refractivity contribution in [3.05, 3.63) is 0 Å². The van der Waals surface area contributed by atoms with E-state index < -0.39 is 5.97 Å². The van der Waals surface area contributed by atoms with Crippen LogP contribution in [-0.4, -0.2) is 87.0 Å². The molecule has 0 amide bonds. The highest BCUT2D eigenvalue weighted by atomic mass is 16.5. The maximum Gasteiger partial charge on any atom is 0.306 e. The van der Waals surface area contributed by atoms with Crippen molar-refractivity contribution in [2.45, 2.75) is 88.7 Å². The predicted octanol–water partition coefficient (Wildman–Crippen LogP) is 2.00. The van der Waals surface area contributed by atoms with Crippen LogP contribution in [0, 0.1) is 17.8 Å². The molecule has 4 fully saturated rings. The summed E-state index contributed by atoms with van der Waals surface area (Å²) >= 11 is 0. The van der Waals surface area contributed by atoms with E-state index in [0.29, 0.717) is 18.2 Å². The Kier molecular flexibility index (Phi) is 9.82. The highest BCUT2D eigenvalue weighted by Gasteiger charge is 2.32. The molecule has 0 aromatic carbocycles. The number of ether oxygens (including phenoxy) is 2. The number of rotatable bonds is 9. The monoisotopic (exact) mass is 466 g/mol. The van der Waals surface area contributed by atoms with Crippen LogP contribution in [0.5, 0.6) is 0 Å². The maximum atomic E-state index is 11.1. The minimum absolute atomic E-state index is 0.153. The topological polar surface area (TPSA) is 95.1 Å². The number of aliphatic carboxylic acids is 1. The first-order valence-corrected chi connectivity index (χ1v) is 13.4. The number of carbonyl (C=O) groups is 1. The number of hydrogen-bond acceptors (Lipinski definition) is 7. The quantitative estimate of drug-likeness (QED) is 0.410. The third-order valence-electron chi connectivity index (χ3n) is 8.66. The van der Waals surface area contributed by atoms with E-state index in [1.807, 2.05) is 7.11 Å². The molecule has 190 valence electrons. The molecule has 8 nitrogen and oxygen atoms in total. The lowest BCUT2D eigenvalue weighted by Gasteiger charge is -2.40. The fraction of sp³-hybridized carbons (Fsp3) is 0.960. The maximum absolute atomic E-state index is 11.1. The van der Waals surface area contributed by atoms with Gasteiger partial charge in [0.05, 0.1) is 24.7 Å². The summed E-state index contributed by atoms with van der Waals surface area (Å²) in [6, 6.07) is 0.554. The van der Waals surface area contributed by atoms with E-state index in [0.717, 1.165) is 76.8 Å². The lowest BCUT2D eigenvalue weighted by molar-refractivity contribution is -0.143. The molecule has 2 saturated heterocycles. The molecular formula is C25H46N4O4. The Labute approximate surface area is 199 Å². The van der Waals surface area contributed by atoms with Crippen molar-refractivity contribution in [3.63, 3.8) is 0 Å². The number of methoxy groups -OCH3 is 1. The van der Waals surface area contributed by atoms with E-state index in [2.05, 4.69) is 20.9 Å². The summed E-state index contributed by atoms with van der Waals surface area (Å²) in [5.41, 5.74) is 0. The summed E-state index contributed by atoms with van der Waals surface area (Å²) in [6.07, 6.45) is 12.2. The van der Waals surface area contributed by atoms with Gasteiger partial charge in [-0.2, -0.15) is 0 Å².